The van der Waals surface area contributed by atoms with Crippen LogP contribution in [0.3, 0.4) is 0 Å². The molecule has 0 bridgehead atoms. The van der Waals surface area contributed by atoms with E-state index in [0.717, 1.165) is 24.8 Å². The van der Waals surface area contributed by atoms with Gasteiger partial charge in [-0.3, -0.25) is 0 Å². The molecule has 1 nitrogen and oxygen atoms in total. The van der Waals surface area contributed by atoms with Crippen LogP contribution in [-0.2, 0) is 5.60 Å². The van der Waals surface area contributed by atoms with Gasteiger partial charge >= 0.3 is 0 Å². The molecule has 1 aliphatic carbocycles. The summed E-state index contributed by atoms with van der Waals surface area (Å²) in [5.41, 5.74) is 0.817. The van der Waals surface area contributed by atoms with Gasteiger partial charge in [-0.05, 0) is 42.9 Å². The van der Waals surface area contributed by atoms with E-state index in [4.69, 9.17) is 0 Å². The molecule has 0 heterocycles. The van der Waals surface area contributed by atoms with E-state index in [2.05, 4.69) is 6.92 Å². The molecule has 2 rings (SSSR count). The van der Waals surface area contributed by atoms with Gasteiger partial charge in [-0.2, -0.15) is 0 Å². The van der Waals surface area contributed by atoms with Crippen LogP contribution in [-0.4, -0.2) is 5.11 Å². The van der Waals surface area contributed by atoms with Crippen LogP contribution >= 0.6 is 0 Å². The van der Waals surface area contributed by atoms with Gasteiger partial charge in [0.2, 0.25) is 0 Å². The summed E-state index contributed by atoms with van der Waals surface area (Å²) in [4.78, 5) is 0. The fourth-order valence-electron chi connectivity index (χ4n) is 2.27. The van der Waals surface area contributed by atoms with Crippen molar-refractivity contribution in [2.75, 3.05) is 0 Å². The minimum atomic E-state index is -0.672. The summed E-state index contributed by atoms with van der Waals surface area (Å²) in [6.07, 6.45) is 2.96. The number of hydrogen-bond acceptors (Lipinski definition) is 1. The monoisotopic (exact) mass is 208 g/mol. The molecule has 1 N–H and O–H groups in total. The van der Waals surface area contributed by atoms with Crippen molar-refractivity contribution in [2.45, 2.75) is 38.7 Å². The Morgan fingerprint density at radius 2 is 2.27 bits per heavy atom. The third-order valence-electron chi connectivity index (χ3n) is 3.37. The summed E-state index contributed by atoms with van der Waals surface area (Å²) in [6.45, 7) is 3.86. The molecule has 1 aliphatic rings. The van der Waals surface area contributed by atoms with Crippen LogP contribution in [0.4, 0.5) is 4.39 Å². The minimum absolute atomic E-state index is 0.199. The highest BCUT2D eigenvalue weighted by Gasteiger charge is 2.53. The molecular weight excluding hydrogens is 191 g/mol. The quantitative estimate of drug-likeness (QED) is 0.809. The smallest absolute Gasteiger partial charge is 0.126 e. The maximum absolute atomic E-state index is 13.1. The van der Waals surface area contributed by atoms with Crippen molar-refractivity contribution in [3.05, 3.63) is 35.1 Å². The van der Waals surface area contributed by atoms with Crippen molar-refractivity contribution in [3.63, 3.8) is 0 Å². The molecule has 0 spiro atoms. The van der Waals surface area contributed by atoms with Gasteiger partial charge < -0.3 is 5.11 Å². The Hall–Kier alpha value is -0.890. The number of aliphatic hydroxyl groups is 1. The van der Waals surface area contributed by atoms with E-state index in [1.165, 1.54) is 6.07 Å². The van der Waals surface area contributed by atoms with Crippen LogP contribution < -0.4 is 0 Å². The van der Waals surface area contributed by atoms with Crippen molar-refractivity contribution in [3.8, 4) is 0 Å². The average Bonchev–Trinajstić information content (AvgIpc) is 2.84. The lowest BCUT2D eigenvalue weighted by molar-refractivity contribution is 0.129. The second-order valence-corrected chi connectivity index (χ2v) is 4.58. The van der Waals surface area contributed by atoms with E-state index >= 15 is 0 Å². The Labute approximate surface area is 89.9 Å². The van der Waals surface area contributed by atoms with Gasteiger partial charge in [-0.1, -0.05) is 25.5 Å². The molecule has 82 valence electrons. The number of benzene rings is 1. The fourth-order valence-corrected chi connectivity index (χ4v) is 2.27. The molecule has 2 unspecified atom stereocenters. The number of halogens is 1. The zero-order chi connectivity index (χ0) is 11.1. The molecule has 0 aliphatic heterocycles. The minimum Gasteiger partial charge on any atom is -0.385 e. The standard InChI is InChI=1S/C13H17FO/c1-3-4-11-8-13(11,15)10-5-6-12(14)9(2)7-10/h5-7,11,15H,3-4,8H2,1-2H3. The highest BCUT2D eigenvalue weighted by Crippen LogP contribution is 2.54. The molecule has 0 radical (unpaired) electrons. The van der Waals surface area contributed by atoms with Crippen LogP contribution in [0.1, 0.15) is 37.3 Å². The van der Waals surface area contributed by atoms with Gasteiger partial charge in [0.05, 0.1) is 5.60 Å². The highest BCUT2D eigenvalue weighted by molar-refractivity contribution is 5.33. The summed E-state index contributed by atoms with van der Waals surface area (Å²) in [5, 5.41) is 10.3. The van der Waals surface area contributed by atoms with Gasteiger partial charge in [0.1, 0.15) is 5.82 Å². The normalized spacial score (nSPS) is 29.2. The first kappa shape index (κ1) is 10.6. The van der Waals surface area contributed by atoms with Gasteiger partial charge in [0.15, 0.2) is 0 Å². The number of rotatable bonds is 3. The zero-order valence-corrected chi connectivity index (χ0v) is 9.26. The first-order chi connectivity index (χ1) is 7.08. The summed E-state index contributed by atoms with van der Waals surface area (Å²) >= 11 is 0. The molecule has 15 heavy (non-hydrogen) atoms. The van der Waals surface area contributed by atoms with Crippen LogP contribution in [0.15, 0.2) is 18.2 Å². The van der Waals surface area contributed by atoms with E-state index in [1.807, 2.05) is 0 Å². The molecule has 1 fully saturated rings. The third kappa shape index (κ3) is 1.78. The molecule has 2 heteroatoms. The van der Waals surface area contributed by atoms with Gasteiger partial charge in [-0.15, -0.1) is 0 Å². The summed E-state index contributed by atoms with van der Waals surface area (Å²) in [5.74, 6) is 0.169. The molecule has 0 aromatic heterocycles. The molecule has 1 aromatic rings. The van der Waals surface area contributed by atoms with Crippen molar-refractivity contribution in [1.29, 1.82) is 0 Å². The van der Waals surface area contributed by atoms with E-state index < -0.39 is 5.60 Å². The SMILES string of the molecule is CCCC1CC1(O)c1ccc(F)c(C)c1. The van der Waals surface area contributed by atoms with E-state index in [0.29, 0.717) is 11.5 Å². The Balaban J connectivity index is 2.21. The van der Waals surface area contributed by atoms with Crippen LogP contribution in [0.5, 0.6) is 0 Å². The molecule has 1 saturated carbocycles. The van der Waals surface area contributed by atoms with Crippen molar-refractivity contribution in [2.24, 2.45) is 5.92 Å². The summed E-state index contributed by atoms with van der Waals surface area (Å²) in [7, 11) is 0. The lowest BCUT2D eigenvalue weighted by Gasteiger charge is -2.11. The lowest BCUT2D eigenvalue weighted by Crippen LogP contribution is -2.09. The molecular formula is C13H17FO. The largest absolute Gasteiger partial charge is 0.385 e. The van der Waals surface area contributed by atoms with E-state index in [9.17, 15) is 9.50 Å². The van der Waals surface area contributed by atoms with Crippen molar-refractivity contribution >= 4 is 0 Å². The Morgan fingerprint density at radius 3 is 2.87 bits per heavy atom. The number of hydrogen-bond donors (Lipinski definition) is 1. The summed E-state index contributed by atoms with van der Waals surface area (Å²) in [6, 6.07) is 4.92. The lowest BCUT2D eigenvalue weighted by atomic mass is 10.0. The number of aryl methyl sites for hydroxylation is 1. The summed E-state index contributed by atoms with van der Waals surface area (Å²) < 4.78 is 13.1. The molecule has 0 amide bonds. The van der Waals surface area contributed by atoms with Crippen LogP contribution in [0.2, 0.25) is 0 Å². The zero-order valence-electron chi connectivity index (χ0n) is 9.26. The predicted molar refractivity (Wildman–Crippen MR) is 58.0 cm³/mol. The van der Waals surface area contributed by atoms with Gasteiger partial charge in [0, 0.05) is 0 Å². The second kappa shape index (κ2) is 3.60. The maximum atomic E-state index is 13.1. The van der Waals surface area contributed by atoms with Crippen molar-refractivity contribution in [1.82, 2.24) is 0 Å². The fraction of sp³-hybridized carbons (Fsp3) is 0.538. The van der Waals surface area contributed by atoms with Gasteiger partial charge in [0.25, 0.3) is 0 Å². The van der Waals surface area contributed by atoms with E-state index in [1.54, 1.807) is 19.1 Å². The first-order valence-electron chi connectivity index (χ1n) is 5.57. The molecule has 1 aromatic carbocycles. The Morgan fingerprint density at radius 1 is 1.53 bits per heavy atom. The Kier molecular flexibility index (Phi) is 2.55. The second-order valence-electron chi connectivity index (χ2n) is 4.58. The van der Waals surface area contributed by atoms with E-state index in [-0.39, 0.29) is 5.82 Å². The van der Waals surface area contributed by atoms with Crippen LogP contribution in [0, 0.1) is 18.7 Å². The third-order valence-corrected chi connectivity index (χ3v) is 3.37. The molecule has 0 saturated heterocycles. The van der Waals surface area contributed by atoms with Crippen molar-refractivity contribution < 1.29 is 9.50 Å². The predicted octanol–water partition coefficient (Wildman–Crippen LogP) is 3.14. The topological polar surface area (TPSA) is 20.2 Å². The maximum Gasteiger partial charge on any atom is 0.126 e. The average molecular weight is 208 g/mol. The Bertz CT molecular complexity index is 375. The van der Waals surface area contributed by atoms with Crippen LogP contribution in [0.25, 0.3) is 0 Å². The van der Waals surface area contributed by atoms with Gasteiger partial charge in [-0.25, -0.2) is 4.39 Å². The molecule has 2 atom stereocenters. The highest BCUT2D eigenvalue weighted by atomic mass is 19.1. The first-order valence-corrected chi connectivity index (χ1v) is 5.57.